The van der Waals surface area contributed by atoms with Gasteiger partial charge in [0.15, 0.2) is 0 Å². The first-order chi connectivity index (χ1) is 8.20. The van der Waals surface area contributed by atoms with E-state index in [0.717, 1.165) is 7.11 Å². The van der Waals surface area contributed by atoms with Gasteiger partial charge in [0.2, 0.25) is 0 Å². The third kappa shape index (κ3) is 2.49. The number of nitrogen functional groups attached to an aromatic ring is 1. The lowest BCUT2D eigenvalue weighted by molar-refractivity contribution is -0.140. The lowest BCUT2D eigenvalue weighted by Crippen LogP contribution is -2.20. The molecule has 0 aliphatic heterocycles. The van der Waals surface area contributed by atoms with Crippen molar-refractivity contribution >= 4 is 11.8 Å². The molecule has 100 valence electrons. The second kappa shape index (κ2) is 4.75. The van der Waals surface area contributed by atoms with Crippen LogP contribution in [0.3, 0.4) is 0 Å². The summed E-state index contributed by atoms with van der Waals surface area (Å²) < 4.78 is 67.3. The van der Waals surface area contributed by atoms with Gasteiger partial charge < -0.3 is 10.5 Å². The topological polar surface area (TPSA) is 65.2 Å². The zero-order chi connectivity index (χ0) is 14.1. The van der Waals surface area contributed by atoms with Crippen molar-refractivity contribution in [2.24, 2.45) is 0 Å². The number of alkyl halides is 5. The fourth-order valence-corrected chi connectivity index (χ4v) is 1.32. The predicted octanol–water partition coefficient (Wildman–Crippen LogP) is 2.41. The molecule has 0 bridgehead atoms. The number of carbonyl (C=O) groups is 1. The maximum Gasteiger partial charge on any atom is 0.417 e. The Labute approximate surface area is 97.6 Å². The van der Waals surface area contributed by atoms with Crippen LogP contribution in [-0.4, -0.2) is 18.1 Å². The molecule has 1 heterocycles. The Kier molecular flexibility index (Phi) is 3.73. The number of halogens is 5. The van der Waals surface area contributed by atoms with Crippen LogP contribution < -0.4 is 5.73 Å². The van der Waals surface area contributed by atoms with Crippen molar-refractivity contribution in [3.05, 3.63) is 22.9 Å². The molecule has 4 nitrogen and oxygen atoms in total. The van der Waals surface area contributed by atoms with E-state index in [1.807, 2.05) is 0 Å². The molecule has 0 radical (unpaired) electrons. The number of rotatable bonds is 2. The lowest BCUT2D eigenvalue weighted by Gasteiger charge is -2.16. The Morgan fingerprint density at radius 1 is 1.44 bits per heavy atom. The average Bonchev–Trinajstić information content (AvgIpc) is 2.25. The van der Waals surface area contributed by atoms with Crippen LogP contribution in [0.4, 0.5) is 27.8 Å². The van der Waals surface area contributed by atoms with Crippen molar-refractivity contribution in [3.8, 4) is 0 Å². The number of anilines is 1. The monoisotopic (exact) mass is 270 g/mol. The number of esters is 1. The lowest BCUT2D eigenvalue weighted by atomic mass is 10.0. The van der Waals surface area contributed by atoms with Gasteiger partial charge in [-0.25, -0.2) is 18.6 Å². The Morgan fingerprint density at radius 3 is 2.39 bits per heavy atom. The first-order valence-electron chi connectivity index (χ1n) is 4.42. The molecule has 0 aliphatic carbocycles. The zero-order valence-corrected chi connectivity index (χ0v) is 8.89. The van der Waals surface area contributed by atoms with Crippen LogP contribution in [0.5, 0.6) is 0 Å². The quantitative estimate of drug-likeness (QED) is 0.662. The highest BCUT2D eigenvalue weighted by Crippen LogP contribution is 2.39. The minimum Gasteiger partial charge on any atom is -0.465 e. The first kappa shape index (κ1) is 14.1. The summed E-state index contributed by atoms with van der Waals surface area (Å²) in [6.07, 6.45) is -8.33. The van der Waals surface area contributed by atoms with Gasteiger partial charge in [0.25, 0.3) is 6.43 Å². The average molecular weight is 270 g/mol. The van der Waals surface area contributed by atoms with Gasteiger partial charge >= 0.3 is 12.1 Å². The SMILES string of the molecule is COC(=O)c1c(N)ncc(C(F)F)c1C(F)(F)F. The molecule has 0 amide bonds. The summed E-state index contributed by atoms with van der Waals surface area (Å²) in [6.45, 7) is 0. The zero-order valence-electron chi connectivity index (χ0n) is 8.89. The minimum atomic E-state index is -5.17. The molecule has 0 saturated heterocycles. The normalized spacial score (nSPS) is 11.7. The van der Waals surface area contributed by atoms with Gasteiger partial charge in [0, 0.05) is 11.8 Å². The third-order valence-corrected chi connectivity index (χ3v) is 2.05. The van der Waals surface area contributed by atoms with Crippen LogP contribution in [0, 0.1) is 0 Å². The van der Waals surface area contributed by atoms with E-state index in [0.29, 0.717) is 0 Å². The molecule has 0 spiro atoms. The fraction of sp³-hybridized carbons (Fsp3) is 0.333. The van der Waals surface area contributed by atoms with E-state index >= 15 is 0 Å². The van der Waals surface area contributed by atoms with E-state index in [1.165, 1.54) is 0 Å². The molecule has 0 aliphatic rings. The summed E-state index contributed by atoms with van der Waals surface area (Å²) in [5, 5.41) is 0. The number of ether oxygens (including phenoxy) is 1. The second-order valence-electron chi connectivity index (χ2n) is 3.14. The largest absolute Gasteiger partial charge is 0.465 e. The Hall–Kier alpha value is -1.93. The molecule has 18 heavy (non-hydrogen) atoms. The molecule has 2 N–H and O–H groups in total. The smallest absolute Gasteiger partial charge is 0.417 e. The van der Waals surface area contributed by atoms with Crippen molar-refractivity contribution in [1.82, 2.24) is 4.98 Å². The number of aromatic nitrogens is 1. The predicted molar refractivity (Wildman–Crippen MR) is 49.9 cm³/mol. The molecule has 0 atom stereocenters. The molecule has 0 saturated carbocycles. The molecular weight excluding hydrogens is 263 g/mol. The van der Waals surface area contributed by atoms with Gasteiger partial charge in [-0.1, -0.05) is 0 Å². The summed E-state index contributed by atoms with van der Waals surface area (Å²) >= 11 is 0. The molecule has 0 unspecified atom stereocenters. The standard InChI is InChI=1S/C9H7F5N2O2/c1-18-8(17)4-5(9(12,13)14)3(6(10)11)2-16-7(4)15/h2,6H,1H3,(H2,15,16). The highest BCUT2D eigenvalue weighted by Gasteiger charge is 2.42. The van der Waals surface area contributed by atoms with Crippen LogP contribution in [-0.2, 0) is 10.9 Å². The van der Waals surface area contributed by atoms with Gasteiger partial charge in [0.1, 0.15) is 11.4 Å². The van der Waals surface area contributed by atoms with Gasteiger partial charge in [-0.15, -0.1) is 0 Å². The summed E-state index contributed by atoms with van der Waals surface area (Å²) in [6, 6.07) is 0. The van der Waals surface area contributed by atoms with Crippen LogP contribution in [0.2, 0.25) is 0 Å². The number of pyridine rings is 1. The van der Waals surface area contributed by atoms with Crippen molar-refractivity contribution in [2.45, 2.75) is 12.6 Å². The van der Waals surface area contributed by atoms with Gasteiger partial charge in [0.05, 0.1) is 12.7 Å². The molecule has 0 aromatic carbocycles. The second-order valence-corrected chi connectivity index (χ2v) is 3.14. The third-order valence-electron chi connectivity index (χ3n) is 2.05. The van der Waals surface area contributed by atoms with Crippen LogP contribution in [0.15, 0.2) is 6.20 Å². The molecule has 0 fully saturated rings. The fourth-order valence-electron chi connectivity index (χ4n) is 1.32. The minimum absolute atomic E-state index is 0.287. The van der Waals surface area contributed by atoms with Crippen molar-refractivity contribution in [3.63, 3.8) is 0 Å². The molecule has 9 heteroatoms. The summed E-state index contributed by atoms with van der Waals surface area (Å²) in [7, 11) is 0.803. The Bertz CT molecular complexity index is 473. The number of nitrogens with two attached hydrogens (primary N) is 1. The summed E-state index contributed by atoms with van der Waals surface area (Å²) in [4.78, 5) is 14.3. The maximum absolute atomic E-state index is 12.7. The number of hydrogen-bond acceptors (Lipinski definition) is 4. The van der Waals surface area contributed by atoms with Crippen LogP contribution in [0.1, 0.15) is 27.9 Å². The number of carbonyl (C=O) groups excluding carboxylic acids is 1. The van der Waals surface area contributed by atoms with E-state index in [2.05, 4.69) is 9.72 Å². The number of hydrogen-bond donors (Lipinski definition) is 1. The van der Waals surface area contributed by atoms with E-state index < -0.39 is 41.1 Å². The van der Waals surface area contributed by atoms with E-state index in [9.17, 15) is 26.7 Å². The Balaban J connectivity index is 3.67. The van der Waals surface area contributed by atoms with E-state index in [4.69, 9.17) is 5.73 Å². The van der Waals surface area contributed by atoms with Crippen molar-refractivity contribution in [2.75, 3.05) is 12.8 Å². The summed E-state index contributed by atoms with van der Waals surface area (Å²) in [5.41, 5.74) is 0.659. The van der Waals surface area contributed by atoms with Gasteiger partial charge in [-0.2, -0.15) is 13.2 Å². The molecule has 1 aromatic rings. The molecule has 1 rings (SSSR count). The molecular formula is C9H7F5N2O2. The van der Waals surface area contributed by atoms with Gasteiger partial charge in [-0.3, -0.25) is 0 Å². The molecule has 1 aromatic heterocycles. The van der Waals surface area contributed by atoms with E-state index in [1.54, 1.807) is 0 Å². The maximum atomic E-state index is 12.7. The van der Waals surface area contributed by atoms with Crippen molar-refractivity contribution < 1.29 is 31.5 Å². The Morgan fingerprint density at radius 2 is 2.00 bits per heavy atom. The highest BCUT2D eigenvalue weighted by atomic mass is 19.4. The van der Waals surface area contributed by atoms with Gasteiger partial charge in [-0.05, 0) is 0 Å². The van der Waals surface area contributed by atoms with Crippen molar-refractivity contribution in [1.29, 1.82) is 0 Å². The highest BCUT2D eigenvalue weighted by molar-refractivity contribution is 5.96. The van der Waals surface area contributed by atoms with Crippen LogP contribution in [0.25, 0.3) is 0 Å². The summed E-state index contributed by atoms with van der Waals surface area (Å²) in [5.74, 6) is -2.30. The van der Waals surface area contributed by atoms with E-state index in [-0.39, 0.29) is 6.20 Å². The van der Waals surface area contributed by atoms with Crippen LogP contribution >= 0.6 is 0 Å². The first-order valence-corrected chi connectivity index (χ1v) is 4.42. The number of nitrogens with zero attached hydrogens (tertiary/aromatic N) is 1. The number of methoxy groups -OCH3 is 1.